The smallest absolute Gasteiger partial charge is 0.127 e. The predicted octanol–water partition coefficient (Wildman–Crippen LogP) is 5.35. The summed E-state index contributed by atoms with van der Waals surface area (Å²) in [5.41, 5.74) is 3.23. The molecule has 1 aliphatic heterocycles. The average molecular weight is 323 g/mol. The fourth-order valence-corrected chi connectivity index (χ4v) is 4.40. The molecule has 0 amide bonds. The largest absolute Gasteiger partial charge is 0.207 e. The molecule has 0 radical (unpaired) electrons. The summed E-state index contributed by atoms with van der Waals surface area (Å²) in [6.45, 7) is 2.15. The highest BCUT2D eigenvalue weighted by Gasteiger charge is 2.23. The van der Waals surface area contributed by atoms with Crippen LogP contribution in [-0.4, -0.2) is 0 Å². The monoisotopic (exact) mass is 322 g/mol. The van der Waals surface area contributed by atoms with Crippen LogP contribution in [0.1, 0.15) is 29.5 Å². The van der Waals surface area contributed by atoms with Gasteiger partial charge < -0.3 is 0 Å². The molecule has 2 aromatic carbocycles. The van der Waals surface area contributed by atoms with E-state index in [1.807, 2.05) is 18.2 Å². The van der Waals surface area contributed by atoms with Crippen LogP contribution in [0.15, 0.2) is 45.8 Å². The maximum absolute atomic E-state index is 13.9. The topological polar surface area (TPSA) is 0 Å². The van der Waals surface area contributed by atoms with E-state index in [4.69, 9.17) is 0 Å². The van der Waals surface area contributed by atoms with Crippen LogP contribution >= 0.6 is 27.7 Å². The van der Waals surface area contributed by atoms with Crippen molar-refractivity contribution in [2.45, 2.75) is 23.5 Å². The summed E-state index contributed by atoms with van der Waals surface area (Å²) in [7, 11) is 0. The minimum atomic E-state index is -0.0872. The fourth-order valence-electron chi connectivity index (χ4n) is 2.46. The number of hydrogen-bond acceptors (Lipinski definition) is 1. The maximum Gasteiger partial charge on any atom is 0.127 e. The summed E-state index contributed by atoms with van der Waals surface area (Å²) in [4.78, 5) is 1.24. The third-order valence-electron chi connectivity index (χ3n) is 3.45. The van der Waals surface area contributed by atoms with Gasteiger partial charge in [0.1, 0.15) is 5.82 Å². The van der Waals surface area contributed by atoms with E-state index in [-0.39, 0.29) is 11.7 Å². The zero-order chi connectivity index (χ0) is 12.7. The van der Waals surface area contributed by atoms with Crippen LogP contribution in [0.25, 0.3) is 0 Å². The summed E-state index contributed by atoms with van der Waals surface area (Å²) in [6, 6.07) is 11.6. The molecule has 1 heterocycles. The highest BCUT2D eigenvalue weighted by molar-refractivity contribution is 9.10. The molecule has 1 aliphatic rings. The Bertz CT molecular complexity index is 556. The first-order valence-electron chi connectivity index (χ1n) is 5.87. The first kappa shape index (κ1) is 12.2. The lowest BCUT2D eigenvalue weighted by atomic mass is 9.90. The molecule has 0 N–H and O–H groups in total. The summed E-state index contributed by atoms with van der Waals surface area (Å²) in [6.07, 6.45) is 0. The second-order valence-electron chi connectivity index (χ2n) is 4.48. The highest BCUT2D eigenvalue weighted by Crippen LogP contribution is 2.43. The van der Waals surface area contributed by atoms with Crippen LogP contribution in [0.3, 0.4) is 0 Å². The summed E-state index contributed by atoms with van der Waals surface area (Å²) < 4.78 is 15.0. The number of fused-ring (bicyclic) bond motifs is 2. The lowest BCUT2D eigenvalue weighted by molar-refractivity contribution is 0.613. The van der Waals surface area contributed by atoms with Crippen molar-refractivity contribution in [3.8, 4) is 0 Å². The van der Waals surface area contributed by atoms with E-state index in [1.54, 1.807) is 23.9 Å². The number of benzene rings is 2. The van der Waals surface area contributed by atoms with Crippen molar-refractivity contribution in [2.24, 2.45) is 0 Å². The molecule has 0 spiro atoms. The van der Waals surface area contributed by atoms with Gasteiger partial charge in [-0.3, -0.25) is 0 Å². The Balaban J connectivity index is 2.22. The van der Waals surface area contributed by atoms with Gasteiger partial charge >= 0.3 is 0 Å². The SMILES string of the molecule is CC1c2cccc(F)c2CSc2c(Br)cccc21. The molecule has 18 heavy (non-hydrogen) atoms. The Morgan fingerprint density at radius 2 is 1.89 bits per heavy atom. The van der Waals surface area contributed by atoms with Crippen LogP contribution in [0.4, 0.5) is 4.39 Å². The van der Waals surface area contributed by atoms with Gasteiger partial charge in [-0.2, -0.15) is 0 Å². The standard InChI is InChI=1S/C15H12BrFS/c1-9-10-4-3-7-14(17)12(10)8-18-15-11(9)5-2-6-13(15)16/h2-7,9H,8H2,1H3. The molecule has 0 fully saturated rings. The molecule has 1 unspecified atom stereocenters. The lowest BCUT2D eigenvalue weighted by Crippen LogP contribution is -2.00. The van der Waals surface area contributed by atoms with Crippen molar-refractivity contribution in [3.63, 3.8) is 0 Å². The van der Waals surface area contributed by atoms with Crippen LogP contribution < -0.4 is 0 Å². The van der Waals surface area contributed by atoms with E-state index in [0.717, 1.165) is 15.6 Å². The average Bonchev–Trinajstić information content (AvgIpc) is 2.51. The third kappa shape index (κ3) is 1.90. The van der Waals surface area contributed by atoms with Gasteiger partial charge in [0.05, 0.1) is 0 Å². The van der Waals surface area contributed by atoms with Crippen molar-refractivity contribution in [1.82, 2.24) is 0 Å². The minimum absolute atomic E-state index is 0.0872. The second-order valence-corrected chi connectivity index (χ2v) is 6.32. The molecule has 0 aromatic heterocycles. The van der Waals surface area contributed by atoms with Gasteiger partial charge in [-0.25, -0.2) is 4.39 Å². The van der Waals surface area contributed by atoms with Gasteiger partial charge in [-0.1, -0.05) is 31.2 Å². The first-order valence-corrected chi connectivity index (χ1v) is 7.65. The molecule has 92 valence electrons. The molecule has 0 aliphatic carbocycles. The van der Waals surface area contributed by atoms with Crippen molar-refractivity contribution >= 4 is 27.7 Å². The van der Waals surface area contributed by atoms with Crippen LogP contribution in [0.5, 0.6) is 0 Å². The Morgan fingerprint density at radius 1 is 1.17 bits per heavy atom. The third-order valence-corrected chi connectivity index (χ3v) is 5.55. The molecule has 0 saturated carbocycles. The molecular formula is C15H12BrFS. The Labute approximate surface area is 119 Å². The summed E-state index contributed by atoms with van der Waals surface area (Å²) >= 11 is 5.30. The maximum atomic E-state index is 13.9. The Kier molecular flexibility index (Phi) is 3.20. The summed E-state index contributed by atoms with van der Waals surface area (Å²) in [5.74, 6) is 0.844. The zero-order valence-electron chi connectivity index (χ0n) is 9.91. The van der Waals surface area contributed by atoms with Gasteiger partial charge in [-0.15, -0.1) is 11.8 Å². The first-order chi connectivity index (χ1) is 8.68. The van der Waals surface area contributed by atoms with Crippen LogP contribution in [0.2, 0.25) is 0 Å². The molecule has 3 heteroatoms. The van der Waals surface area contributed by atoms with Gasteiger partial charge in [-0.05, 0) is 39.2 Å². The minimum Gasteiger partial charge on any atom is -0.207 e. The quantitative estimate of drug-likeness (QED) is 0.630. The van der Waals surface area contributed by atoms with E-state index in [0.29, 0.717) is 5.75 Å². The molecule has 0 saturated heterocycles. The molecular weight excluding hydrogens is 311 g/mol. The summed E-state index contributed by atoms with van der Waals surface area (Å²) in [5, 5.41) is 0. The number of rotatable bonds is 0. The predicted molar refractivity (Wildman–Crippen MR) is 77.6 cm³/mol. The van der Waals surface area contributed by atoms with Crippen molar-refractivity contribution in [3.05, 3.63) is 63.4 Å². The Hall–Kier alpha value is -0.800. The van der Waals surface area contributed by atoms with Crippen molar-refractivity contribution < 1.29 is 4.39 Å². The number of hydrogen-bond donors (Lipinski definition) is 0. The Morgan fingerprint density at radius 3 is 2.72 bits per heavy atom. The zero-order valence-corrected chi connectivity index (χ0v) is 12.3. The van der Waals surface area contributed by atoms with E-state index in [9.17, 15) is 4.39 Å². The molecule has 3 rings (SSSR count). The fraction of sp³-hybridized carbons (Fsp3) is 0.200. The van der Waals surface area contributed by atoms with E-state index >= 15 is 0 Å². The molecule has 2 aromatic rings. The van der Waals surface area contributed by atoms with Gasteiger partial charge in [0.15, 0.2) is 0 Å². The number of thioether (sulfide) groups is 1. The molecule has 1 atom stereocenters. The van der Waals surface area contributed by atoms with E-state index < -0.39 is 0 Å². The second kappa shape index (κ2) is 4.71. The number of halogens is 2. The van der Waals surface area contributed by atoms with Gasteiger partial charge in [0.25, 0.3) is 0 Å². The molecule has 0 nitrogen and oxygen atoms in total. The van der Waals surface area contributed by atoms with E-state index in [2.05, 4.69) is 28.9 Å². The van der Waals surface area contributed by atoms with Gasteiger partial charge in [0.2, 0.25) is 0 Å². The highest BCUT2D eigenvalue weighted by atomic mass is 79.9. The molecule has 0 bridgehead atoms. The van der Waals surface area contributed by atoms with Crippen molar-refractivity contribution in [2.75, 3.05) is 0 Å². The van der Waals surface area contributed by atoms with Crippen LogP contribution in [-0.2, 0) is 5.75 Å². The van der Waals surface area contributed by atoms with Crippen LogP contribution in [0, 0.1) is 5.82 Å². The van der Waals surface area contributed by atoms with Gasteiger partial charge in [0, 0.05) is 26.6 Å². The van der Waals surface area contributed by atoms with Crippen molar-refractivity contribution in [1.29, 1.82) is 0 Å². The lowest BCUT2D eigenvalue weighted by Gasteiger charge is -2.15. The normalized spacial score (nSPS) is 17.8. The van der Waals surface area contributed by atoms with E-state index in [1.165, 1.54) is 10.5 Å².